The molecule has 5 rings (SSSR count). The van der Waals surface area contributed by atoms with Crippen molar-refractivity contribution in [3.05, 3.63) is 64.1 Å². The molecule has 1 saturated heterocycles. The first-order valence-corrected chi connectivity index (χ1v) is 13.2. The maximum absolute atomic E-state index is 9.64. The van der Waals surface area contributed by atoms with Gasteiger partial charge in [-0.05, 0) is 104 Å². The summed E-state index contributed by atoms with van der Waals surface area (Å²) in [6.07, 6.45) is 7.55. The normalized spacial score (nSPS) is 27.3. The zero-order chi connectivity index (χ0) is 20.9. The van der Waals surface area contributed by atoms with Gasteiger partial charge in [0.25, 0.3) is 0 Å². The van der Waals surface area contributed by atoms with Crippen LogP contribution in [0.3, 0.4) is 0 Å². The van der Waals surface area contributed by atoms with Gasteiger partial charge in [0.05, 0.1) is 11.7 Å². The minimum atomic E-state index is -1.11. The van der Waals surface area contributed by atoms with Crippen molar-refractivity contribution >= 4 is 14.9 Å². The lowest BCUT2D eigenvalue weighted by atomic mass is 10.0. The molecule has 0 radical (unpaired) electrons. The molecule has 4 heteroatoms. The molecule has 2 aromatic carbocycles. The van der Waals surface area contributed by atoms with E-state index in [1.165, 1.54) is 54.1 Å². The SMILES string of the molecule is CC(C)Oc1ccc(S2(C)C=C2c2cccc3c2CCC3N2CCCC2)cc1C#N. The minimum absolute atomic E-state index is 0.0657. The predicted molar refractivity (Wildman–Crippen MR) is 125 cm³/mol. The Morgan fingerprint density at radius 1 is 1.17 bits per heavy atom. The van der Waals surface area contributed by atoms with E-state index in [2.05, 4.69) is 46.9 Å². The Morgan fingerprint density at radius 2 is 1.97 bits per heavy atom. The van der Waals surface area contributed by atoms with Gasteiger partial charge in [-0.1, -0.05) is 18.2 Å². The molecule has 2 aromatic rings. The molecule has 2 unspecified atom stereocenters. The molecule has 2 aliphatic heterocycles. The number of ether oxygens (including phenoxy) is 1. The van der Waals surface area contributed by atoms with Gasteiger partial charge in [-0.25, -0.2) is 0 Å². The Labute approximate surface area is 181 Å². The highest BCUT2D eigenvalue weighted by Gasteiger charge is 2.40. The van der Waals surface area contributed by atoms with Crippen molar-refractivity contribution in [1.29, 1.82) is 5.26 Å². The fourth-order valence-corrected chi connectivity index (χ4v) is 7.88. The van der Waals surface area contributed by atoms with Crippen molar-refractivity contribution in [1.82, 2.24) is 4.90 Å². The number of benzene rings is 2. The van der Waals surface area contributed by atoms with Gasteiger partial charge < -0.3 is 4.74 Å². The molecule has 0 spiro atoms. The van der Waals surface area contributed by atoms with Crippen LogP contribution in [0.2, 0.25) is 0 Å². The lowest BCUT2D eigenvalue weighted by molar-refractivity contribution is 0.241. The molecular weight excluding hydrogens is 388 g/mol. The highest BCUT2D eigenvalue weighted by Crippen LogP contribution is 2.78. The van der Waals surface area contributed by atoms with Crippen molar-refractivity contribution in [2.45, 2.75) is 56.6 Å². The van der Waals surface area contributed by atoms with Crippen molar-refractivity contribution in [2.75, 3.05) is 19.3 Å². The van der Waals surface area contributed by atoms with Crippen molar-refractivity contribution in [2.24, 2.45) is 0 Å². The Balaban J connectivity index is 1.43. The van der Waals surface area contributed by atoms with E-state index in [9.17, 15) is 5.26 Å². The molecular formula is C26H30N2OS. The molecule has 1 aliphatic carbocycles. The standard InChI is InChI=1S/C26H30N2OS/c1-18(2)29-25-12-9-20(15-19(25)16-27)30(3)17-26(30)23-8-6-7-22-21(23)10-11-24(22)28-13-4-5-14-28/h6-9,12,15,17-18,24H,4-5,10-11,13-14H2,1-3H3. The maximum Gasteiger partial charge on any atom is 0.137 e. The van der Waals surface area contributed by atoms with E-state index in [0.717, 1.165) is 0 Å². The highest BCUT2D eigenvalue weighted by atomic mass is 32.3. The third-order valence-corrected chi connectivity index (χ3v) is 9.69. The summed E-state index contributed by atoms with van der Waals surface area (Å²) in [7, 11) is -1.11. The third kappa shape index (κ3) is 3.25. The Bertz CT molecular complexity index is 1060. The van der Waals surface area contributed by atoms with Crippen LogP contribution in [-0.2, 0) is 6.42 Å². The summed E-state index contributed by atoms with van der Waals surface area (Å²) in [6.45, 7) is 6.49. The van der Waals surface area contributed by atoms with Crippen molar-refractivity contribution < 1.29 is 4.74 Å². The summed E-state index contributed by atoms with van der Waals surface area (Å²) >= 11 is 0. The van der Waals surface area contributed by atoms with Crippen LogP contribution in [0, 0.1) is 11.3 Å². The number of likely N-dealkylation sites (tertiary alicyclic amines) is 1. The number of hydrogen-bond donors (Lipinski definition) is 0. The molecule has 0 amide bonds. The average Bonchev–Trinajstić information content (AvgIpc) is 3.11. The number of hydrogen-bond acceptors (Lipinski definition) is 3. The highest BCUT2D eigenvalue weighted by molar-refractivity contribution is 8.49. The molecule has 0 bridgehead atoms. The first-order chi connectivity index (χ1) is 14.5. The summed E-state index contributed by atoms with van der Waals surface area (Å²) in [5.41, 5.74) is 5.22. The van der Waals surface area contributed by atoms with Gasteiger partial charge in [0.2, 0.25) is 0 Å². The summed E-state index contributed by atoms with van der Waals surface area (Å²) in [5.74, 6) is 0.690. The first kappa shape index (κ1) is 19.7. The fraction of sp³-hybridized carbons (Fsp3) is 0.423. The van der Waals surface area contributed by atoms with E-state index in [-0.39, 0.29) is 6.10 Å². The van der Waals surface area contributed by atoms with Crippen LogP contribution in [0.4, 0.5) is 0 Å². The lowest BCUT2D eigenvalue weighted by Crippen LogP contribution is -2.23. The van der Waals surface area contributed by atoms with Crippen LogP contribution >= 0.6 is 10.0 Å². The predicted octanol–water partition coefficient (Wildman–Crippen LogP) is 6.23. The molecule has 30 heavy (non-hydrogen) atoms. The van der Waals surface area contributed by atoms with Crippen molar-refractivity contribution in [3.63, 3.8) is 0 Å². The maximum atomic E-state index is 9.64. The van der Waals surface area contributed by atoms with E-state index in [1.807, 2.05) is 26.0 Å². The van der Waals surface area contributed by atoms with E-state index in [4.69, 9.17) is 4.74 Å². The number of fused-ring (bicyclic) bond motifs is 1. The second kappa shape index (κ2) is 7.48. The van der Waals surface area contributed by atoms with Gasteiger partial charge in [0, 0.05) is 10.9 Å². The molecule has 2 atom stereocenters. The summed E-state index contributed by atoms with van der Waals surface area (Å²) in [5, 5.41) is 12.1. The van der Waals surface area contributed by atoms with Gasteiger partial charge >= 0.3 is 0 Å². The lowest BCUT2D eigenvalue weighted by Gasteiger charge is -2.25. The quantitative estimate of drug-likeness (QED) is 0.577. The second-order valence-corrected chi connectivity index (χ2v) is 12.2. The zero-order valence-corrected chi connectivity index (χ0v) is 19.0. The van der Waals surface area contributed by atoms with Gasteiger partial charge in [0.1, 0.15) is 11.8 Å². The molecule has 3 aliphatic rings. The van der Waals surface area contributed by atoms with E-state index in [1.54, 1.807) is 11.1 Å². The summed E-state index contributed by atoms with van der Waals surface area (Å²) in [4.78, 5) is 5.44. The fourth-order valence-electron chi connectivity index (χ4n) is 5.19. The molecule has 0 aromatic heterocycles. The largest absolute Gasteiger partial charge is 0.490 e. The van der Waals surface area contributed by atoms with Crippen LogP contribution in [-0.4, -0.2) is 30.3 Å². The zero-order valence-electron chi connectivity index (χ0n) is 18.1. The van der Waals surface area contributed by atoms with Gasteiger partial charge in [-0.3, -0.25) is 4.90 Å². The van der Waals surface area contributed by atoms with Gasteiger partial charge in [-0.15, -0.1) is 0 Å². The van der Waals surface area contributed by atoms with Gasteiger partial charge in [0.15, 0.2) is 0 Å². The minimum Gasteiger partial charge on any atom is -0.490 e. The van der Waals surface area contributed by atoms with Crippen LogP contribution in [0.1, 0.15) is 61.4 Å². The smallest absolute Gasteiger partial charge is 0.137 e. The van der Waals surface area contributed by atoms with E-state index >= 15 is 0 Å². The summed E-state index contributed by atoms with van der Waals surface area (Å²) < 4.78 is 5.82. The Hall–Kier alpha value is -2.22. The molecule has 0 saturated carbocycles. The Morgan fingerprint density at radius 3 is 2.70 bits per heavy atom. The number of nitrogens with zero attached hydrogens (tertiary/aromatic N) is 2. The first-order valence-electron chi connectivity index (χ1n) is 11.1. The molecule has 0 N–H and O–H groups in total. The Kier molecular flexibility index (Phi) is 4.92. The summed E-state index contributed by atoms with van der Waals surface area (Å²) in [6, 6.07) is 16.1. The third-order valence-electron chi connectivity index (χ3n) is 6.75. The average molecular weight is 419 g/mol. The second-order valence-electron chi connectivity index (χ2n) is 9.07. The van der Waals surface area contributed by atoms with Crippen molar-refractivity contribution in [3.8, 4) is 11.8 Å². The monoisotopic (exact) mass is 418 g/mol. The van der Waals surface area contributed by atoms with Crippen LogP contribution < -0.4 is 4.74 Å². The molecule has 3 nitrogen and oxygen atoms in total. The number of nitriles is 1. The van der Waals surface area contributed by atoms with Crippen LogP contribution in [0.15, 0.2) is 46.7 Å². The topological polar surface area (TPSA) is 36.3 Å². The number of rotatable bonds is 5. The van der Waals surface area contributed by atoms with E-state index in [0.29, 0.717) is 17.4 Å². The molecule has 2 heterocycles. The van der Waals surface area contributed by atoms with Crippen LogP contribution in [0.25, 0.3) is 4.91 Å². The molecule has 1 fully saturated rings. The van der Waals surface area contributed by atoms with Gasteiger partial charge in [-0.2, -0.15) is 15.3 Å². The van der Waals surface area contributed by atoms with E-state index < -0.39 is 10.0 Å². The van der Waals surface area contributed by atoms with Crippen LogP contribution in [0.5, 0.6) is 5.75 Å². The molecule has 156 valence electrons.